The number of carbonyl (C=O) groups is 1. The summed E-state index contributed by atoms with van der Waals surface area (Å²) in [5.41, 5.74) is 2.60. The van der Waals surface area contributed by atoms with E-state index in [4.69, 9.17) is 0 Å². The van der Waals surface area contributed by atoms with E-state index in [-0.39, 0.29) is 11.7 Å². The monoisotopic (exact) mass is 396 g/mol. The summed E-state index contributed by atoms with van der Waals surface area (Å²) in [6.45, 7) is 5.04. The van der Waals surface area contributed by atoms with Gasteiger partial charge in [-0.3, -0.25) is 9.10 Å². The van der Waals surface area contributed by atoms with Gasteiger partial charge in [-0.1, -0.05) is 23.8 Å². The number of rotatable bonds is 6. The van der Waals surface area contributed by atoms with Crippen molar-refractivity contribution in [2.45, 2.75) is 26.8 Å². The number of halogens is 2. The van der Waals surface area contributed by atoms with Gasteiger partial charge < -0.3 is 5.32 Å². The summed E-state index contributed by atoms with van der Waals surface area (Å²) < 4.78 is 51.8. The van der Waals surface area contributed by atoms with Gasteiger partial charge in [-0.05, 0) is 44.0 Å². The molecule has 0 radical (unpaired) electrons. The normalized spacial score (nSPS) is 12.5. The first-order valence-electron chi connectivity index (χ1n) is 8.28. The lowest BCUT2D eigenvalue weighted by Gasteiger charge is -2.24. The van der Waals surface area contributed by atoms with Gasteiger partial charge in [-0.2, -0.15) is 0 Å². The first-order chi connectivity index (χ1) is 12.5. The lowest BCUT2D eigenvalue weighted by Crippen LogP contribution is -2.41. The lowest BCUT2D eigenvalue weighted by atomic mass is 10.0. The van der Waals surface area contributed by atoms with Crippen LogP contribution in [0, 0.1) is 25.5 Å². The van der Waals surface area contributed by atoms with Crippen molar-refractivity contribution in [2.75, 3.05) is 17.1 Å². The fourth-order valence-electron chi connectivity index (χ4n) is 2.87. The number of amides is 1. The molecule has 8 heteroatoms. The van der Waals surface area contributed by atoms with Crippen LogP contribution in [-0.4, -0.2) is 27.1 Å². The molecule has 1 N–H and O–H groups in total. The highest BCUT2D eigenvalue weighted by atomic mass is 32.2. The maximum absolute atomic E-state index is 14.0. The van der Waals surface area contributed by atoms with Gasteiger partial charge in [0.25, 0.3) is 0 Å². The first-order valence-corrected chi connectivity index (χ1v) is 10.1. The molecule has 2 aromatic rings. The van der Waals surface area contributed by atoms with E-state index in [0.717, 1.165) is 35.1 Å². The number of aryl methyl sites for hydroxylation is 2. The van der Waals surface area contributed by atoms with Crippen LogP contribution in [0.1, 0.15) is 29.7 Å². The Morgan fingerprint density at radius 1 is 1.15 bits per heavy atom. The van der Waals surface area contributed by atoms with Gasteiger partial charge in [0.1, 0.15) is 18.2 Å². The van der Waals surface area contributed by atoms with E-state index in [2.05, 4.69) is 5.32 Å². The van der Waals surface area contributed by atoms with Gasteiger partial charge in [0.2, 0.25) is 15.9 Å². The number of benzene rings is 2. The molecule has 0 saturated heterocycles. The fourth-order valence-corrected chi connectivity index (χ4v) is 3.73. The number of hydrogen-bond donors (Lipinski definition) is 1. The summed E-state index contributed by atoms with van der Waals surface area (Å²) >= 11 is 0. The lowest BCUT2D eigenvalue weighted by molar-refractivity contribution is -0.120. The molecule has 1 atom stereocenters. The van der Waals surface area contributed by atoms with Gasteiger partial charge in [0.15, 0.2) is 0 Å². The topological polar surface area (TPSA) is 66.5 Å². The summed E-state index contributed by atoms with van der Waals surface area (Å²) in [7, 11) is -3.95. The van der Waals surface area contributed by atoms with Crippen molar-refractivity contribution in [2.24, 2.45) is 0 Å². The molecule has 146 valence electrons. The zero-order valence-corrected chi connectivity index (χ0v) is 16.4. The van der Waals surface area contributed by atoms with Gasteiger partial charge >= 0.3 is 0 Å². The van der Waals surface area contributed by atoms with Crippen molar-refractivity contribution in [3.63, 3.8) is 0 Å². The Hall–Kier alpha value is -2.48. The molecule has 27 heavy (non-hydrogen) atoms. The third kappa shape index (κ3) is 5.26. The molecule has 5 nitrogen and oxygen atoms in total. The Bertz CT molecular complexity index is 961. The highest BCUT2D eigenvalue weighted by Crippen LogP contribution is 2.23. The van der Waals surface area contributed by atoms with E-state index in [0.29, 0.717) is 10.4 Å². The molecule has 2 rings (SSSR count). The maximum Gasteiger partial charge on any atom is 0.241 e. The highest BCUT2D eigenvalue weighted by molar-refractivity contribution is 7.92. The Balaban J connectivity index is 2.21. The molecule has 0 bridgehead atoms. The second-order valence-electron chi connectivity index (χ2n) is 6.51. The van der Waals surface area contributed by atoms with Gasteiger partial charge in [-0.15, -0.1) is 0 Å². The van der Waals surface area contributed by atoms with Crippen LogP contribution >= 0.6 is 0 Å². The van der Waals surface area contributed by atoms with E-state index in [1.165, 1.54) is 0 Å². The van der Waals surface area contributed by atoms with E-state index < -0.39 is 34.1 Å². The van der Waals surface area contributed by atoms with Crippen molar-refractivity contribution in [1.29, 1.82) is 0 Å². The van der Waals surface area contributed by atoms with Crippen LogP contribution in [0.3, 0.4) is 0 Å². The van der Waals surface area contributed by atoms with E-state index in [1.54, 1.807) is 6.92 Å². The standard InChI is InChI=1S/C19H22F2N2O3S/c1-12-5-7-16(13(2)9-12)14(3)22-19(24)11-23(27(4,25)26)18-8-6-15(20)10-17(18)21/h5-10,14H,11H2,1-4H3,(H,22,24)/t14-/m1/s1. The van der Waals surface area contributed by atoms with E-state index >= 15 is 0 Å². The minimum Gasteiger partial charge on any atom is -0.348 e. The van der Waals surface area contributed by atoms with Crippen LogP contribution in [0.15, 0.2) is 36.4 Å². The largest absolute Gasteiger partial charge is 0.348 e. The minimum absolute atomic E-state index is 0.363. The quantitative estimate of drug-likeness (QED) is 0.815. The average molecular weight is 396 g/mol. The molecule has 1 amide bonds. The third-order valence-corrected chi connectivity index (χ3v) is 5.26. The molecule has 0 fully saturated rings. The van der Waals surface area contributed by atoms with Crippen molar-refractivity contribution in [3.05, 3.63) is 64.7 Å². The molecule has 0 aliphatic heterocycles. The van der Waals surface area contributed by atoms with E-state index in [9.17, 15) is 22.0 Å². The first kappa shape index (κ1) is 20.8. The summed E-state index contributed by atoms with van der Waals surface area (Å²) in [5.74, 6) is -2.50. The second-order valence-corrected chi connectivity index (χ2v) is 8.42. The number of nitrogens with one attached hydrogen (secondary N) is 1. The van der Waals surface area contributed by atoms with Gasteiger partial charge in [0, 0.05) is 6.07 Å². The molecule has 0 aliphatic carbocycles. The number of anilines is 1. The number of hydrogen-bond acceptors (Lipinski definition) is 3. The summed E-state index contributed by atoms with van der Waals surface area (Å²) in [5, 5.41) is 2.72. The van der Waals surface area contributed by atoms with Crippen molar-refractivity contribution in [3.8, 4) is 0 Å². The van der Waals surface area contributed by atoms with Gasteiger partial charge in [-0.25, -0.2) is 17.2 Å². The number of carbonyl (C=O) groups excluding carboxylic acids is 1. The van der Waals surface area contributed by atoms with Crippen LogP contribution in [0.5, 0.6) is 0 Å². The van der Waals surface area contributed by atoms with Crippen molar-refractivity contribution >= 4 is 21.6 Å². The molecule has 0 spiro atoms. The van der Waals surface area contributed by atoms with Crippen molar-refractivity contribution < 1.29 is 22.0 Å². The summed E-state index contributed by atoms with van der Waals surface area (Å²) in [6, 6.07) is 7.93. The Kier molecular flexibility index (Phi) is 6.20. The van der Waals surface area contributed by atoms with Crippen molar-refractivity contribution in [1.82, 2.24) is 5.32 Å². The SMILES string of the molecule is Cc1ccc([C@@H](C)NC(=O)CN(c2ccc(F)cc2F)S(C)(=O)=O)c(C)c1. The second kappa shape index (κ2) is 8.04. The fraction of sp³-hybridized carbons (Fsp3) is 0.316. The van der Waals surface area contributed by atoms with Crippen LogP contribution in [0.4, 0.5) is 14.5 Å². The molecule has 2 aromatic carbocycles. The number of nitrogens with zero attached hydrogens (tertiary/aromatic N) is 1. The highest BCUT2D eigenvalue weighted by Gasteiger charge is 2.25. The molecular formula is C19H22F2N2O3S. The van der Waals surface area contributed by atoms with Crippen LogP contribution in [-0.2, 0) is 14.8 Å². The molecule has 0 saturated carbocycles. The third-order valence-electron chi connectivity index (χ3n) is 4.14. The predicted octanol–water partition coefficient (Wildman–Crippen LogP) is 3.23. The Labute approximate surface area is 158 Å². The summed E-state index contributed by atoms with van der Waals surface area (Å²) in [4.78, 5) is 12.4. The Morgan fingerprint density at radius 3 is 2.37 bits per heavy atom. The molecule has 0 aromatic heterocycles. The van der Waals surface area contributed by atoms with Crippen LogP contribution in [0.2, 0.25) is 0 Å². The smallest absolute Gasteiger partial charge is 0.241 e. The summed E-state index contributed by atoms with van der Waals surface area (Å²) in [6.07, 6.45) is 0.858. The van der Waals surface area contributed by atoms with Gasteiger partial charge in [0.05, 0.1) is 18.0 Å². The van der Waals surface area contributed by atoms with Crippen LogP contribution < -0.4 is 9.62 Å². The zero-order chi connectivity index (χ0) is 20.4. The molecule has 0 heterocycles. The predicted molar refractivity (Wildman–Crippen MR) is 101 cm³/mol. The molecular weight excluding hydrogens is 374 g/mol. The molecule has 0 unspecified atom stereocenters. The Morgan fingerprint density at radius 2 is 1.81 bits per heavy atom. The minimum atomic E-state index is -3.95. The average Bonchev–Trinajstić information content (AvgIpc) is 2.52. The number of sulfonamides is 1. The van der Waals surface area contributed by atoms with E-state index in [1.807, 2.05) is 32.0 Å². The maximum atomic E-state index is 14.0. The van der Waals surface area contributed by atoms with Crippen LogP contribution in [0.25, 0.3) is 0 Å². The zero-order valence-electron chi connectivity index (χ0n) is 15.6. The molecule has 0 aliphatic rings.